The van der Waals surface area contributed by atoms with E-state index in [-0.39, 0.29) is 11.8 Å². The van der Waals surface area contributed by atoms with Crippen molar-refractivity contribution in [2.75, 3.05) is 5.32 Å². The summed E-state index contributed by atoms with van der Waals surface area (Å²) in [7, 11) is 0. The molecular weight excluding hydrogens is 262 g/mol. The molecule has 4 heteroatoms. The van der Waals surface area contributed by atoms with Crippen LogP contribution in [0.25, 0.3) is 0 Å². The van der Waals surface area contributed by atoms with E-state index in [1.807, 2.05) is 56.6 Å². The molecule has 21 heavy (non-hydrogen) atoms. The van der Waals surface area contributed by atoms with Crippen LogP contribution >= 0.6 is 0 Å². The first-order chi connectivity index (χ1) is 9.88. The SMILES string of the molecule is Cc1ccc(NC(=O)C(C)Cn2nc(C)c(C)c2C)cc1. The topological polar surface area (TPSA) is 46.9 Å². The molecule has 0 aliphatic heterocycles. The first kappa shape index (κ1) is 15.3. The Labute approximate surface area is 126 Å². The summed E-state index contributed by atoms with van der Waals surface area (Å²) in [6.07, 6.45) is 0. The predicted octanol–water partition coefficient (Wildman–Crippen LogP) is 3.39. The number of hydrogen-bond acceptors (Lipinski definition) is 2. The number of nitrogens with zero attached hydrogens (tertiary/aromatic N) is 2. The van der Waals surface area contributed by atoms with Crippen molar-refractivity contribution in [3.05, 3.63) is 46.8 Å². The Morgan fingerprint density at radius 3 is 2.33 bits per heavy atom. The summed E-state index contributed by atoms with van der Waals surface area (Å²) >= 11 is 0. The van der Waals surface area contributed by atoms with Gasteiger partial charge in [0.2, 0.25) is 5.91 Å². The van der Waals surface area contributed by atoms with E-state index in [4.69, 9.17) is 0 Å². The number of aryl methyl sites for hydroxylation is 2. The molecular formula is C17H23N3O. The van der Waals surface area contributed by atoms with Gasteiger partial charge in [0.1, 0.15) is 0 Å². The smallest absolute Gasteiger partial charge is 0.229 e. The van der Waals surface area contributed by atoms with Gasteiger partial charge >= 0.3 is 0 Å². The highest BCUT2D eigenvalue weighted by molar-refractivity contribution is 5.92. The van der Waals surface area contributed by atoms with Crippen LogP contribution in [0.5, 0.6) is 0 Å². The van der Waals surface area contributed by atoms with Crippen LogP contribution in [0.4, 0.5) is 5.69 Å². The highest BCUT2D eigenvalue weighted by Crippen LogP contribution is 2.15. The van der Waals surface area contributed by atoms with E-state index in [0.717, 1.165) is 17.1 Å². The van der Waals surface area contributed by atoms with Crippen LogP contribution < -0.4 is 5.32 Å². The Hall–Kier alpha value is -2.10. The zero-order valence-electron chi connectivity index (χ0n) is 13.4. The molecule has 0 fully saturated rings. The largest absolute Gasteiger partial charge is 0.326 e. The number of hydrogen-bond donors (Lipinski definition) is 1. The lowest BCUT2D eigenvalue weighted by Gasteiger charge is -2.13. The van der Waals surface area contributed by atoms with Gasteiger partial charge in [0.25, 0.3) is 0 Å². The van der Waals surface area contributed by atoms with Gasteiger partial charge in [0.15, 0.2) is 0 Å². The number of nitrogens with one attached hydrogen (secondary N) is 1. The lowest BCUT2D eigenvalue weighted by atomic mass is 10.1. The molecule has 1 N–H and O–H groups in total. The molecule has 4 nitrogen and oxygen atoms in total. The normalized spacial score (nSPS) is 12.2. The Morgan fingerprint density at radius 1 is 1.19 bits per heavy atom. The third-order valence-corrected chi connectivity index (χ3v) is 3.96. The average Bonchev–Trinajstić information content (AvgIpc) is 2.69. The van der Waals surface area contributed by atoms with Gasteiger partial charge < -0.3 is 5.32 Å². The third kappa shape index (κ3) is 3.51. The van der Waals surface area contributed by atoms with E-state index in [1.54, 1.807) is 0 Å². The van der Waals surface area contributed by atoms with Gasteiger partial charge in [-0.25, -0.2) is 0 Å². The second kappa shape index (κ2) is 6.12. The van der Waals surface area contributed by atoms with E-state index in [2.05, 4.69) is 17.3 Å². The summed E-state index contributed by atoms with van der Waals surface area (Å²) in [5, 5.41) is 7.44. The second-order valence-electron chi connectivity index (χ2n) is 5.73. The number of carbonyl (C=O) groups excluding carboxylic acids is 1. The summed E-state index contributed by atoms with van der Waals surface area (Å²) in [4.78, 5) is 12.3. The molecule has 1 unspecified atom stereocenters. The van der Waals surface area contributed by atoms with Gasteiger partial charge in [-0.05, 0) is 45.4 Å². The number of anilines is 1. The highest BCUT2D eigenvalue weighted by atomic mass is 16.1. The van der Waals surface area contributed by atoms with E-state index < -0.39 is 0 Å². The van der Waals surface area contributed by atoms with Crippen LogP contribution in [0.1, 0.15) is 29.4 Å². The monoisotopic (exact) mass is 285 g/mol. The Bertz CT molecular complexity index is 641. The molecule has 1 heterocycles. The zero-order chi connectivity index (χ0) is 15.6. The number of amides is 1. The van der Waals surface area contributed by atoms with E-state index in [0.29, 0.717) is 6.54 Å². The van der Waals surface area contributed by atoms with Gasteiger partial charge in [0.05, 0.1) is 18.2 Å². The van der Waals surface area contributed by atoms with Crippen molar-refractivity contribution < 1.29 is 4.79 Å². The number of carbonyl (C=O) groups is 1. The molecule has 2 aromatic rings. The maximum atomic E-state index is 12.3. The van der Waals surface area contributed by atoms with Crippen molar-refractivity contribution in [3.8, 4) is 0 Å². The summed E-state index contributed by atoms with van der Waals surface area (Å²) in [6.45, 7) is 10.6. The fraction of sp³-hybridized carbons (Fsp3) is 0.412. The maximum absolute atomic E-state index is 12.3. The Balaban J connectivity index is 2.02. The molecule has 1 aromatic carbocycles. The van der Waals surface area contributed by atoms with E-state index >= 15 is 0 Å². The molecule has 0 bridgehead atoms. The minimum Gasteiger partial charge on any atom is -0.326 e. The molecule has 0 aliphatic rings. The van der Waals surface area contributed by atoms with Crippen molar-refractivity contribution in [1.29, 1.82) is 0 Å². The highest BCUT2D eigenvalue weighted by Gasteiger charge is 2.16. The fourth-order valence-electron chi connectivity index (χ4n) is 2.21. The quantitative estimate of drug-likeness (QED) is 0.936. The molecule has 112 valence electrons. The molecule has 0 aliphatic carbocycles. The van der Waals surface area contributed by atoms with Gasteiger partial charge in [0, 0.05) is 11.4 Å². The summed E-state index contributed by atoms with van der Waals surface area (Å²) < 4.78 is 1.92. The predicted molar refractivity (Wildman–Crippen MR) is 85.4 cm³/mol. The van der Waals surface area contributed by atoms with Crippen molar-refractivity contribution in [1.82, 2.24) is 9.78 Å². The first-order valence-electron chi connectivity index (χ1n) is 7.26. The lowest BCUT2D eigenvalue weighted by molar-refractivity contribution is -0.119. The third-order valence-electron chi connectivity index (χ3n) is 3.96. The molecule has 1 atom stereocenters. The molecule has 0 radical (unpaired) electrons. The van der Waals surface area contributed by atoms with Crippen LogP contribution in [-0.4, -0.2) is 15.7 Å². The van der Waals surface area contributed by atoms with Crippen LogP contribution in [0.3, 0.4) is 0 Å². The Kier molecular flexibility index (Phi) is 4.46. The molecule has 1 aromatic heterocycles. The maximum Gasteiger partial charge on any atom is 0.229 e. The Morgan fingerprint density at radius 2 is 1.81 bits per heavy atom. The molecule has 0 saturated carbocycles. The summed E-state index contributed by atoms with van der Waals surface area (Å²) in [5.41, 5.74) is 5.36. The number of aromatic nitrogens is 2. The van der Waals surface area contributed by atoms with E-state index in [1.165, 1.54) is 11.1 Å². The van der Waals surface area contributed by atoms with Gasteiger partial charge in [-0.2, -0.15) is 5.10 Å². The number of rotatable bonds is 4. The average molecular weight is 285 g/mol. The lowest BCUT2D eigenvalue weighted by Crippen LogP contribution is -2.25. The second-order valence-corrected chi connectivity index (χ2v) is 5.73. The van der Waals surface area contributed by atoms with Crippen molar-refractivity contribution in [2.45, 2.75) is 41.2 Å². The van der Waals surface area contributed by atoms with Gasteiger partial charge in [-0.1, -0.05) is 24.6 Å². The van der Waals surface area contributed by atoms with Crippen LogP contribution in [0.2, 0.25) is 0 Å². The standard InChI is InChI=1S/C17H23N3O/c1-11-6-8-16(9-7-11)18-17(21)12(2)10-20-15(5)13(3)14(4)19-20/h6-9,12H,10H2,1-5H3,(H,18,21). The first-order valence-corrected chi connectivity index (χ1v) is 7.26. The molecule has 0 spiro atoms. The van der Waals surface area contributed by atoms with Gasteiger partial charge in [-0.15, -0.1) is 0 Å². The zero-order valence-corrected chi connectivity index (χ0v) is 13.4. The van der Waals surface area contributed by atoms with Crippen molar-refractivity contribution in [2.24, 2.45) is 5.92 Å². The molecule has 1 amide bonds. The summed E-state index contributed by atoms with van der Waals surface area (Å²) in [6, 6.07) is 7.83. The summed E-state index contributed by atoms with van der Waals surface area (Å²) in [5.74, 6) is -0.118. The van der Waals surface area contributed by atoms with Crippen LogP contribution in [-0.2, 0) is 11.3 Å². The minimum atomic E-state index is -0.135. The molecule has 2 rings (SSSR count). The number of benzene rings is 1. The minimum absolute atomic E-state index is 0.0176. The van der Waals surface area contributed by atoms with Crippen molar-refractivity contribution >= 4 is 11.6 Å². The van der Waals surface area contributed by atoms with Crippen LogP contribution in [0, 0.1) is 33.6 Å². The van der Waals surface area contributed by atoms with Crippen LogP contribution in [0.15, 0.2) is 24.3 Å². The fourth-order valence-corrected chi connectivity index (χ4v) is 2.21. The van der Waals surface area contributed by atoms with Crippen molar-refractivity contribution in [3.63, 3.8) is 0 Å². The molecule has 0 saturated heterocycles. The van der Waals surface area contributed by atoms with E-state index in [9.17, 15) is 4.79 Å². The van der Waals surface area contributed by atoms with Gasteiger partial charge in [-0.3, -0.25) is 9.48 Å².